The standard InChI is InChI=1S/C16H26N2O3S/c1-13-5-4-10-18(12-13)14(2)11-17-22(19,20)16-8-6-15(21-3)7-9-16/h6-9,13-14,17H,4-5,10-12H2,1-3H3. The highest BCUT2D eigenvalue weighted by Crippen LogP contribution is 2.18. The second-order valence-electron chi connectivity index (χ2n) is 6.12. The topological polar surface area (TPSA) is 58.6 Å². The van der Waals surface area contributed by atoms with Gasteiger partial charge in [-0.1, -0.05) is 6.92 Å². The lowest BCUT2D eigenvalue weighted by molar-refractivity contribution is 0.140. The molecule has 1 N–H and O–H groups in total. The lowest BCUT2D eigenvalue weighted by Gasteiger charge is -2.35. The number of methoxy groups -OCH3 is 1. The van der Waals surface area contributed by atoms with Crippen molar-refractivity contribution in [3.8, 4) is 5.75 Å². The van der Waals surface area contributed by atoms with Gasteiger partial charge in [-0.15, -0.1) is 0 Å². The monoisotopic (exact) mass is 326 g/mol. The number of piperidine rings is 1. The Morgan fingerprint density at radius 1 is 1.36 bits per heavy atom. The van der Waals surface area contributed by atoms with E-state index in [9.17, 15) is 8.42 Å². The maximum Gasteiger partial charge on any atom is 0.240 e. The van der Waals surface area contributed by atoms with Gasteiger partial charge in [-0.2, -0.15) is 0 Å². The zero-order chi connectivity index (χ0) is 16.2. The van der Waals surface area contributed by atoms with Crippen molar-refractivity contribution in [1.82, 2.24) is 9.62 Å². The predicted molar refractivity (Wildman–Crippen MR) is 87.6 cm³/mol. The zero-order valence-corrected chi connectivity index (χ0v) is 14.4. The lowest BCUT2D eigenvalue weighted by Crippen LogP contribution is -2.46. The van der Waals surface area contributed by atoms with E-state index in [1.807, 2.05) is 0 Å². The summed E-state index contributed by atoms with van der Waals surface area (Å²) in [6.07, 6.45) is 2.46. The molecular formula is C16H26N2O3S. The van der Waals surface area contributed by atoms with Crippen LogP contribution in [0.2, 0.25) is 0 Å². The Bertz CT molecular complexity index is 572. The van der Waals surface area contributed by atoms with Crippen LogP contribution in [0.3, 0.4) is 0 Å². The predicted octanol–water partition coefficient (Wildman–Crippen LogP) is 2.09. The molecule has 0 spiro atoms. The number of nitrogens with one attached hydrogen (secondary N) is 1. The van der Waals surface area contributed by atoms with Gasteiger partial charge in [-0.05, 0) is 56.5 Å². The summed E-state index contributed by atoms with van der Waals surface area (Å²) in [5, 5.41) is 0. The van der Waals surface area contributed by atoms with E-state index in [1.54, 1.807) is 31.4 Å². The molecule has 2 atom stereocenters. The molecule has 124 valence electrons. The number of likely N-dealkylation sites (tertiary alicyclic amines) is 1. The van der Waals surface area contributed by atoms with Crippen LogP contribution < -0.4 is 9.46 Å². The molecule has 1 heterocycles. The van der Waals surface area contributed by atoms with Gasteiger partial charge in [0.15, 0.2) is 0 Å². The van der Waals surface area contributed by atoms with Crippen LogP contribution >= 0.6 is 0 Å². The molecule has 1 aromatic carbocycles. The zero-order valence-electron chi connectivity index (χ0n) is 13.6. The first-order valence-corrected chi connectivity index (χ1v) is 9.28. The summed E-state index contributed by atoms with van der Waals surface area (Å²) in [6, 6.07) is 6.65. The molecule has 0 bridgehead atoms. The minimum Gasteiger partial charge on any atom is -0.497 e. The minimum atomic E-state index is -3.46. The molecular weight excluding hydrogens is 300 g/mol. The van der Waals surface area contributed by atoms with Gasteiger partial charge in [0, 0.05) is 19.1 Å². The molecule has 6 heteroatoms. The molecule has 2 unspecified atom stereocenters. The van der Waals surface area contributed by atoms with Crippen molar-refractivity contribution >= 4 is 10.0 Å². The van der Waals surface area contributed by atoms with E-state index in [2.05, 4.69) is 23.5 Å². The second-order valence-corrected chi connectivity index (χ2v) is 7.89. The van der Waals surface area contributed by atoms with Gasteiger partial charge in [-0.25, -0.2) is 13.1 Å². The molecule has 2 rings (SSSR count). The second kappa shape index (κ2) is 7.44. The number of nitrogens with zero attached hydrogens (tertiary/aromatic N) is 1. The summed E-state index contributed by atoms with van der Waals surface area (Å²) in [5.41, 5.74) is 0. The molecule has 0 saturated carbocycles. The Balaban J connectivity index is 1.93. The minimum absolute atomic E-state index is 0.204. The molecule has 5 nitrogen and oxygen atoms in total. The summed E-state index contributed by atoms with van der Waals surface area (Å²) < 4.78 is 32.4. The van der Waals surface area contributed by atoms with Gasteiger partial charge in [0.2, 0.25) is 10.0 Å². The van der Waals surface area contributed by atoms with Gasteiger partial charge in [0.25, 0.3) is 0 Å². The Morgan fingerprint density at radius 2 is 2.05 bits per heavy atom. The highest BCUT2D eigenvalue weighted by Gasteiger charge is 2.22. The van der Waals surface area contributed by atoms with Gasteiger partial charge >= 0.3 is 0 Å². The van der Waals surface area contributed by atoms with Gasteiger partial charge in [-0.3, -0.25) is 4.90 Å². The highest BCUT2D eigenvalue weighted by molar-refractivity contribution is 7.89. The molecule has 0 amide bonds. The van der Waals surface area contributed by atoms with Crippen molar-refractivity contribution in [2.75, 3.05) is 26.7 Å². The van der Waals surface area contributed by atoms with E-state index in [0.717, 1.165) is 13.1 Å². The van der Waals surface area contributed by atoms with E-state index in [-0.39, 0.29) is 10.9 Å². The summed E-state index contributed by atoms with van der Waals surface area (Å²) in [7, 11) is -1.91. The third-order valence-electron chi connectivity index (χ3n) is 4.25. The Hall–Kier alpha value is -1.11. The Labute approximate surface area is 133 Å². The van der Waals surface area contributed by atoms with Crippen molar-refractivity contribution < 1.29 is 13.2 Å². The number of benzene rings is 1. The van der Waals surface area contributed by atoms with Gasteiger partial charge in [0.05, 0.1) is 12.0 Å². The third kappa shape index (κ3) is 4.44. The Morgan fingerprint density at radius 3 is 2.64 bits per heavy atom. The molecule has 1 fully saturated rings. The maximum absolute atomic E-state index is 12.3. The maximum atomic E-state index is 12.3. The number of rotatable bonds is 6. The molecule has 1 saturated heterocycles. The van der Waals surface area contributed by atoms with Crippen LogP contribution in [0, 0.1) is 5.92 Å². The summed E-state index contributed by atoms with van der Waals surface area (Å²) >= 11 is 0. The number of hydrogen-bond acceptors (Lipinski definition) is 4. The number of hydrogen-bond donors (Lipinski definition) is 1. The third-order valence-corrected chi connectivity index (χ3v) is 5.69. The fourth-order valence-corrected chi connectivity index (χ4v) is 3.95. The average Bonchev–Trinajstić information content (AvgIpc) is 2.52. The van der Waals surface area contributed by atoms with Crippen LogP contribution in [-0.2, 0) is 10.0 Å². The first-order chi connectivity index (χ1) is 10.4. The van der Waals surface area contributed by atoms with Gasteiger partial charge in [0.1, 0.15) is 5.75 Å². The van der Waals surface area contributed by atoms with Crippen LogP contribution in [0.25, 0.3) is 0 Å². The van der Waals surface area contributed by atoms with Crippen molar-refractivity contribution in [1.29, 1.82) is 0 Å². The van der Waals surface area contributed by atoms with E-state index < -0.39 is 10.0 Å². The average molecular weight is 326 g/mol. The first kappa shape index (κ1) is 17.2. The number of ether oxygens (including phenoxy) is 1. The van der Waals surface area contributed by atoms with E-state index in [4.69, 9.17) is 4.74 Å². The molecule has 0 aliphatic carbocycles. The molecule has 22 heavy (non-hydrogen) atoms. The lowest BCUT2D eigenvalue weighted by atomic mass is 9.99. The fraction of sp³-hybridized carbons (Fsp3) is 0.625. The van der Waals surface area contributed by atoms with Crippen molar-refractivity contribution in [3.05, 3.63) is 24.3 Å². The summed E-state index contributed by atoms with van der Waals surface area (Å²) in [4.78, 5) is 2.64. The van der Waals surface area contributed by atoms with Crippen molar-refractivity contribution in [2.24, 2.45) is 5.92 Å². The van der Waals surface area contributed by atoms with Crippen molar-refractivity contribution in [2.45, 2.75) is 37.6 Å². The SMILES string of the molecule is COc1ccc(S(=O)(=O)NCC(C)N2CCCC(C)C2)cc1. The van der Waals surface area contributed by atoms with Gasteiger partial charge < -0.3 is 4.74 Å². The number of sulfonamides is 1. The van der Waals surface area contributed by atoms with Crippen LogP contribution in [0.4, 0.5) is 0 Å². The Kier molecular flexibility index (Phi) is 5.83. The van der Waals surface area contributed by atoms with Crippen LogP contribution in [0.5, 0.6) is 5.75 Å². The normalized spacial score (nSPS) is 21.5. The molecule has 0 aromatic heterocycles. The summed E-state index contributed by atoms with van der Waals surface area (Å²) in [5.74, 6) is 1.34. The molecule has 1 aromatic rings. The molecule has 1 aliphatic heterocycles. The van der Waals surface area contributed by atoms with Crippen LogP contribution in [0.15, 0.2) is 29.2 Å². The van der Waals surface area contributed by atoms with E-state index >= 15 is 0 Å². The highest BCUT2D eigenvalue weighted by atomic mass is 32.2. The summed E-state index contributed by atoms with van der Waals surface area (Å²) in [6.45, 7) is 6.86. The van der Waals surface area contributed by atoms with Crippen LogP contribution in [0.1, 0.15) is 26.7 Å². The van der Waals surface area contributed by atoms with E-state index in [1.165, 1.54) is 12.8 Å². The van der Waals surface area contributed by atoms with Crippen molar-refractivity contribution in [3.63, 3.8) is 0 Å². The molecule has 1 aliphatic rings. The van der Waals surface area contributed by atoms with E-state index in [0.29, 0.717) is 18.2 Å². The quantitative estimate of drug-likeness (QED) is 0.870. The largest absolute Gasteiger partial charge is 0.497 e. The first-order valence-electron chi connectivity index (χ1n) is 7.80. The smallest absolute Gasteiger partial charge is 0.240 e. The molecule has 0 radical (unpaired) electrons. The van der Waals surface area contributed by atoms with Crippen LogP contribution in [-0.4, -0.2) is 46.1 Å². The fourth-order valence-electron chi connectivity index (χ4n) is 2.82.